The van der Waals surface area contributed by atoms with Crippen molar-refractivity contribution in [2.24, 2.45) is 0 Å². The van der Waals surface area contributed by atoms with Crippen LogP contribution in [0.5, 0.6) is 0 Å². The topological polar surface area (TPSA) is 83.5 Å². The van der Waals surface area contributed by atoms with Gasteiger partial charge < -0.3 is 9.55 Å². The Morgan fingerprint density at radius 1 is 1.00 bits per heavy atom. The van der Waals surface area contributed by atoms with Gasteiger partial charge in [-0.2, -0.15) is 0 Å². The molecule has 0 fully saturated rings. The minimum Gasteiger partial charge on any atom is -0.313 e. The molecule has 2 heterocycles. The van der Waals surface area contributed by atoms with Crippen molar-refractivity contribution in [3.63, 3.8) is 0 Å². The smallest absolute Gasteiger partial charge is 0.313 e. The Kier molecular flexibility index (Phi) is 3.36. The summed E-state index contributed by atoms with van der Waals surface area (Å²) in [5, 5.41) is 0. The van der Waals surface area contributed by atoms with Gasteiger partial charge in [0.1, 0.15) is 5.69 Å². The van der Waals surface area contributed by atoms with Crippen molar-refractivity contribution in [2.75, 3.05) is 0 Å². The fraction of sp³-hybridized carbons (Fsp3) is 0. The zero-order chi connectivity index (χ0) is 16.7. The van der Waals surface area contributed by atoms with E-state index in [1.807, 2.05) is 4.98 Å². The molecular formula is C13H6F4N4O2. The quantitative estimate of drug-likeness (QED) is 0.553. The third-order valence-electron chi connectivity index (χ3n) is 3.09. The van der Waals surface area contributed by atoms with E-state index in [1.54, 1.807) is 4.98 Å². The Morgan fingerprint density at radius 3 is 2.17 bits per heavy atom. The van der Waals surface area contributed by atoms with E-state index in [1.165, 1.54) is 0 Å². The van der Waals surface area contributed by atoms with Gasteiger partial charge in [-0.05, 0) is 0 Å². The minimum absolute atomic E-state index is 0.665. The predicted molar refractivity (Wildman–Crippen MR) is 70.1 cm³/mol. The van der Waals surface area contributed by atoms with Crippen LogP contribution in [0, 0.1) is 23.3 Å². The number of nitrogens with one attached hydrogen (secondary N) is 2. The molecule has 1 aromatic carbocycles. The molecule has 3 aromatic rings. The first kappa shape index (κ1) is 14.8. The maximum absolute atomic E-state index is 14.2. The molecule has 0 amide bonds. The number of hydrogen-bond acceptors (Lipinski definition) is 3. The van der Waals surface area contributed by atoms with Crippen LogP contribution in [0.25, 0.3) is 16.8 Å². The minimum atomic E-state index is -1.77. The van der Waals surface area contributed by atoms with Crippen LogP contribution >= 0.6 is 0 Å². The van der Waals surface area contributed by atoms with Crippen molar-refractivity contribution in [3.05, 3.63) is 69.0 Å². The summed E-state index contributed by atoms with van der Waals surface area (Å²) in [6.45, 7) is 0. The molecule has 3 rings (SSSR count). The molecule has 0 radical (unpaired) electrons. The van der Waals surface area contributed by atoms with Crippen molar-refractivity contribution < 1.29 is 17.6 Å². The molecule has 118 valence electrons. The Labute approximate surface area is 124 Å². The lowest BCUT2D eigenvalue weighted by Gasteiger charge is -2.11. The van der Waals surface area contributed by atoms with Crippen LogP contribution in [0.15, 0.2) is 34.5 Å². The number of aromatic amines is 2. The summed E-state index contributed by atoms with van der Waals surface area (Å²) in [4.78, 5) is 29.8. The number of halogens is 4. The molecule has 10 heteroatoms. The highest BCUT2D eigenvalue weighted by atomic mass is 19.2. The number of aromatic nitrogens is 4. The lowest BCUT2D eigenvalue weighted by atomic mass is 10.1. The SMILES string of the molecule is O=c1[nH]cc(-c2c(F)c(F)c(-n3ccnc3)c(F)c2F)c(=O)[nH]1. The zero-order valence-corrected chi connectivity index (χ0v) is 11.0. The first-order valence-corrected chi connectivity index (χ1v) is 6.08. The number of imidazole rings is 1. The molecule has 0 bridgehead atoms. The molecule has 23 heavy (non-hydrogen) atoms. The summed E-state index contributed by atoms with van der Waals surface area (Å²) < 4.78 is 57.4. The molecular weight excluding hydrogens is 320 g/mol. The number of hydrogen-bond donors (Lipinski definition) is 2. The molecule has 6 nitrogen and oxygen atoms in total. The van der Waals surface area contributed by atoms with Crippen LogP contribution in [0.1, 0.15) is 0 Å². The largest absolute Gasteiger partial charge is 0.325 e. The normalized spacial score (nSPS) is 11.0. The maximum atomic E-state index is 14.2. The lowest BCUT2D eigenvalue weighted by molar-refractivity contribution is 0.452. The van der Waals surface area contributed by atoms with E-state index >= 15 is 0 Å². The Hall–Kier alpha value is -3.17. The second kappa shape index (κ2) is 5.23. The summed E-state index contributed by atoms with van der Waals surface area (Å²) in [7, 11) is 0. The van der Waals surface area contributed by atoms with E-state index in [-0.39, 0.29) is 0 Å². The average Bonchev–Trinajstić information content (AvgIpc) is 3.02. The second-order valence-electron chi connectivity index (χ2n) is 4.44. The standard InChI is InChI=1S/C13H6F4N4O2/c14-7-6(5-3-19-13(23)20-12(5)22)8(15)10(17)11(9(7)16)21-2-1-18-4-21/h1-4H,(H2,19,20,22,23). The van der Waals surface area contributed by atoms with Gasteiger partial charge in [-0.15, -0.1) is 0 Å². The number of nitrogens with zero attached hydrogens (tertiary/aromatic N) is 2. The third kappa shape index (κ3) is 2.24. The highest BCUT2D eigenvalue weighted by Crippen LogP contribution is 2.31. The number of benzene rings is 1. The lowest BCUT2D eigenvalue weighted by Crippen LogP contribution is -2.23. The number of rotatable bonds is 2. The van der Waals surface area contributed by atoms with E-state index in [4.69, 9.17) is 0 Å². The average molecular weight is 326 g/mol. The molecule has 0 spiro atoms. The van der Waals surface area contributed by atoms with E-state index in [2.05, 4.69) is 4.98 Å². The van der Waals surface area contributed by atoms with Crippen molar-refractivity contribution in [3.8, 4) is 16.8 Å². The Balaban J connectivity index is 2.37. The summed E-state index contributed by atoms with van der Waals surface area (Å²) >= 11 is 0. The van der Waals surface area contributed by atoms with Crippen LogP contribution in [0.4, 0.5) is 17.6 Å². The first-order chi connectivity index (χ1) is 10.9. The van der Waals surface area contributed by atoms with Gasteiger partial charge >= 0.3 is 5.69 Å². The van der Waals surface area contributed by atoms with E-state index in [9.17, 15) is 27.2 Å². The highest BCUT2D eigenvalue weighted by Gasteiger charge is 2.28. The van der Waals surface area contributed by atoms with Gasteiger partial charge in [0.2, 0.25) is 0 Å². The van der Waals surface area contributed by atoms with Crippen LogP contribution in [0.3, 0.4) is 0 Å². The van der Waals surface area contributed by atoms with Gasteiger partial charge in [-0.1, -0.05) is 0 Å². The molecule has 0 unspecified atom stereocenters. The Bertz CT molecular complexity index is 979. The summed E-state index contributed by atoms with van der Waals surface area (Å²) in [5.74, 6) is -6.96. The molecule has 0 saturated heterocycles. The summed E-state index contributed by atoms with van der Waals surface area (Å²) in [6.07, 6.45) is 3.87. The zero-order valence-electron chi connectivity index (χ0n) is 11.0. The van der Waals surface area contributed by atoms with E-state index in [0.29, 0.717) is 6.20 Å². The Morgan fingerprint density at radius 2 is 1.65 bits per heavy atom. The monoisotopic (exact) mass is 326 g/mol. The van der Waals surface area contributed by atoms with Crippen molar-refractivity contribution in [2.45, 2.75) is 0 Å². The molecule has 2 N–H and O–H groups in total. The fourth-order valence-electron chi connectivity index (χ4n) is 2.07. The van der Waals surface area contributed by atoms with Crippen molar-refractivity contribution in [1.82, 2.24) is 19.5 Å². The fourth-order valence-corrected chi connectivity index (χ4v) is 2.07. The van der Waals surface area contributed by atoms with Gasteiger partial charge in [0.25, 0.3) is 5.56 Å². The van der Waals surface area contributed by atoms with Crippen molar-refractivity contribution >= 4 is 0 Å². The summed E-state index contributed by atoms with van der Waals surface area (Å²) in [6, 6.07) is 0. The van der Waals surface area contributed by atoms with Gasteiger partial charge in [0, 0.05) is 18.6 Å². The third-order valence-corrected chi connectivity index (χ3v) is 3.09. The molecule has 0 aliphatic heterocycles. The molecule has 2 aromatic heterocycles. The maximum Gasteiger partial charge on any atom is 0.325 e. The van der Waals surface area contributed by atoms with Gasteiger partial charge in [-0.25, -0.2) is 27.3 Å². The van der Waals surface area contributed by atoms with Crippen LogP contribution < -0.4 is 11.2 Å². The molecule has 0 aliphatic carbocycles. The molecule has 0 atom stereocenters. The predicted octanol–water partition coefficient (Wildman–Crippen LogP) is 1.47. The van der Waals surface area contributed by atoms with Crippen LogP contribution in [-0.2, 0) is 0 Å². The van der Waals surface area contributed by atoms with Gasteiger partial charge in [-0.3, -0.25) is 9.78 Å². The first-order valence-electron chi connectivity index (χ1n) is 6.08. The van der Waals surface area contributed by atoms with Gasteiger partial charge in [0.05, 0.1) is 17.5 Å². The van der Waals surface area contributed by atoms with Crippen LogP contribution in [0.2, 0.25) is 0 Å². The highest BCUT2D eigenvalue weighted by molar-refractivity contribution is 5.65. The second-order valence-corrected chi connectivity index (χ2v) is 4.44. The summed E-state index contributed by atoms with van der Waals surface area (Å²) in [5.41, 5.74) is -5.12. The number of H-pyrrole nitrogens is 2. The van der Waals surface area contributed by atoms with Crippen molar-refractivity contribution in [1.29, 1.82) is 0 Å². The van der Waals surface area contributed by atoms with Gasteiger partial charge in [0.15, 0.2) is 23.3 Å². The molecule has 0 saturated carbocycles. The van der Waals surface area contributed by atoms with Crippen LogP contribution in [-0.4, -0.2) is 19.5 Å². The molecule has 0 aliphatic rings. The van der Waals surface area contributed by atoms with E-state index in [0.717, 1.165) is 23.3 Å². The van der Waals surface area contributed by atoms with E-state index < -0.39 is 51.3 Å².